The second-order valence-electron chi connectivity index (χ2n) is 24.7. The molecule has 1 heterocycles. The minimum Gasteiger partial charge on any atom is -0.354 e. The van der Waals surface area contributed by atoms with Gasteiger partial charge in [-0.25, -0.2) is 4.39 Å². The van der Waals surface area contributed by atoms with Gasteiger partial charge in [-0.2, -0.15) is 0 Å². The van der Waals surface area contributed by atoms with E-state index in [4.69, 9.17) is 0 Å². The molecule has 0 bridgehead atoms. The molecule has 1 saturated heterocycles. The van der Waals surface area contributed by atoms with E-state index in [1.807, 2.05) is 32.8 Å². The summed E-state index contributed by atoms with van der Waals surface area (Å²) >= 11 is 0. The Labute approximate surface area is 473 Å². The number of rotatable bonds is 30. The molecule has 0 radical (unpaired) electrons. The molecule has 2 unspecified atom stereocenters. The van der Waals surface area contributed by atoms with Crippen LogP contribution >= 0.6 is 0 Å². The average Bonchev–Trinajstić information content (AvgIpc) is 3.86. The standard InChI is InChI=1S/C58H94FN11O10/c1-12-18-42(48(74)61-35-47(73)66-57(8,9)54(80)68-55(4,5)52(78)60-31-28-45(71)67-58(29-17-30-58)36-69(10)11)64-53(79)56(6,7)65-46(72)34-41(33-37(2)3)62-49(75)43(27-22-38-19-14-13-15-20-38)63-50(76)44-21-16-32-70(44)51(77)39-23-25-40(59)26-24-39/h23-26,37-38,41-44H,12-22,27-36H2,1-11H3,(H,60,78)(H,61,74)(H,62,75)(H,63,76)(H,64,79)(H,65,72)(H,66,73)(H,67,71)(H,68,80)/t41-,42?,43?,44-/m0/s1. The smallest absolute Gasteiger partial charge is 0.254 e. The third-order valence-electron chi connectivity index (χ3n) is 15.3. The van der Waals surface area contributed by atoms with Crippen LogP contribution in [0.2, 0.25) is 0 Å². The summed E-state index contributed by atoms with van der Waals surface area (Å²) in [6.07, 6.45) is 11.1. The van der Waals surface area contributed by atoms with Crippen LogP contribution in [0.5, 0.6) is 0 Å². The number of hydrogen-bond donors (Lipinski definition) is 9. The SMILES string of the molecule is CCCC(NC(=O)C(C)(C)NC(=O)C[C@H](CC(C)C)NC(=O)C(CCC1CCCCC1)NC(=O)[C@@H]1CCCN1C(=O)c1ccc(F)cc1)C(=O)NCC(=O)NC(C)(C)C(=O)NC(C)(C)C(=O)NCCC(=O)NC1(CN(C)C)CCC1. The topological polar surface area (TPSA) is 285 Å². The molecule has 22 heteroatoms. The van der Waals surface area contributed by atoms with E-state index in [1.165, 1.54) is 70.7 Å². The Morgan fingerprint density at radius 2 is 1.30 bits per heavy atom. The molecule has 2 aliphatic carbocycles. The molecule has 0 aromatic heterocycles. The highest BCUT2D eigenvalue weighted by molar-refractivity contribution is 6.00. The average molecular weight is 1120 g/mol. The van der Waals surface area contributed by atoms with Gasteiger partial charge in [0.2, 0.25) is 53.2 Å². The fourth-order valence-electron chi connectivity index (χ4n) is 10.7. The number of carbonyl (C=O) groups is 10. The summed E-state index contributed by atoms with van der Waals surface area (Å²) in [6, 6.07) is 1.55. The molecular weight excluding hydrogens is 1030 g/mol. The summed E-state index contributed by atoms with van der Waals surface area (Å²) in [7, 11) is 3.90. The predicted molar refractivity (Wildman–Crippen MR) is 302 cm³/mol. The predicted octanol–water partition coefficient (Wildman–Crippen LogP) is 3.39. The molecule has 9 N–H and O–H groups in total. The number of likely N-dealkylation sites (N-methyl/N-ethyl adjacent to an activating group) is 1. The largest absolute Gasteiger partial charge is 0.354 e. The van der Waals surface area contributed by atoms with E-state index < -0.39 is 106 Å². The highest BCUT2D eigenvalue weighted by atomic mass is 19.1. The molecule has 10 amide bonds. The van der Waals surface area contributed by atoms with Gasteiger partial charge in [0.05, 0.1) is 12.1 Å². The fraction of sp³-hybridized carbons (Fsp3) is 0.724. The molecule has 0 spiro atoms. The first-order valence-corrected chi connectivity index (χ1v) is 28.9. The molecule has 3 aliphatic rings. The quantitative estimate of drug-likeness (QED) is 0.0539. The highest BCUT2D eigenvalue weighted by Gasteiger charge is 2.41. The van der Waals surface area contributed by atoms with Crippen molar-refractivity contribution in [3.63, 3.8) is 0 Å². The zero-order chi connectivity index (χ0) is 59.6. The number of halogens is 1. The van der Waals surface area contributed by atoms with Gasteiger partial charge in [-0.15, -0.1) is 0 Å². The van der Waals surface area contributed by atoms with E-state index in [1.54, 1.807) is 6.92 Å². The minimum atomic E-state index is -1.55. The van der Waals surface area contributed by atoms with Crippen LogP contribution in [0.25, 0.3) is 0 Å². The van der Waals surface area contributed by atoms with Gasteiger partial charge in [-0.3, -0.25) is 47.9 Å². The van der Waals surface area contributed by atoms with E-state index in [9.17, 15) is 52.3 Å². The van der Waals surface area contributed by atoms with Crippen molar-refractivity contribution in [1.82, 2.24) is 57.7 Å². The van der Waals surface area contributed by atoms with Gasteiger partial charge in [-0.05, 0) is 150 Å². The molecule has 3 fully saturated rings. The molecule has 21 nitrogen and oxygen atoms in total. The number of nitrogens with zero attached hydrogens (tertiary/aromatic N) is 2. The van der Waals surface area contributed by atoms with Crippen molar-refractivity contribution in [3.05, 3.63) is 35.6 Å². The van der Waals surface area contributed by atoms with Crippen molar-refractivity contribution in [2.75, 3.05) is 40.3 Å². The molecule has 1 aromatic carbocycles. The Kier molecular flexibility index (Phi) is 24.9. The van der Waals surface area contributed by atoms with Crippen molar-refractivity contribution in [2.24, 2.45) is 11.8 Å². The maximum Gasteiger partial charge on any atom is 0.254 e. The minimum absolute atomic E-state index is 0.0314. The molecule has 4 rings (SSSR count). The van der Waals surface area contributed by atoms with E-state index in [2.05, 4.69) is 47.9 Å². The number of amides is 10. The van der Waals surface area contributed by atoms with E-state index >= 15 is 0 Å². The van der Waals surface area contributed by atoms with Crippen LogP contribution in [-0.2, 0) is 43.2 Å². The van der Waals surface area contributed by atoms with Gasteiger partial charge in [0.25, 0.3) is 5.91 Å². The van der Waals surface area contributed by atoms with Crippen LogP contribution in [0, 0.1) is 17.7 Å². The van der Waals surface area contributed by atoms with Gasteiger partial charge in [0, 0.05) is 44.1 Å². The monoisotopic (exact) mass is 1120 g/mol. The summed E-state index contributed by atoms with van der Waals surface area (Å²) in [5, 5.41) is 25.0. The van der Waals surface area contributed by atoms with E-state index in [0.717, 1.165) is 57.9 Å². The lowest BCUT2D eigenvalue weighted by Gasteiger charge is -2.44. The maximum absolute atomic E-state index is 14.3. The normalized spacial score (nSPS) is 17.7. The lowest BCUT2D eigenvalue weighted by molar-refractivity contribution is -0.137. The number of hydrogen-bond acceptors (Lipinski definition) is 11. The molecule has 80 heavy (non-hydrogen) atoms. The Morgan fingerprint density at radius 3 is 1.90 bits per heavy atom. The highest BCUT2D eigenvalue weighted by Crippen LogP contribution is 2.32. The van der Waals surface area contributed by atoms with Crippen LogP contribution in [0.3, 0.4) is 0 Å². The van der Waals surface area contributed by atoms with Crippen LogP contribution in [-0.4, -0.2) is 155 Å². The van der Waals surface area contributed by atoms with Gasteiger partial charge >= 0.3 is 0 Å². The van der Waals surface area contributed by atoms with Gasteiger partial charge in [0.15, 0.2) is 0 Å². The summed E-state index contributed by atoms with van der Waals surface area (Å²) < 4.78 is 13.7. The number of carbonyl (C=O) groups excluding carboxylic acids is 10. The Bertz CT molecular complexity index is 2330. The number of likely N-dealkylation sites (tertiary alicyclic amines) is 1. The van der Waals surface area contributed by atoms with Crippen molar-refractivity contribution in [3.8, 4) is 0 Å². The van der Waals surface area contributed by atoms with Crippen molar-refractivity contribution >= 4 is 59.1 Å². The fourth-order valence-corrected chi connectivity index (χ4v) is 10.7. The van der Waals surface area contributed by atoms with Crippen LogP contribution < -0.4 is 47.9 Å². The van der Waals surface area contributed by atoms with Gasteiger partial charge in [0.1, 0.15) is 40.6 Å². The second kappa shape index (κ2) is 30.0. The Hall–Kier alpha value is -6.19. The molecule has 448 valence electrons. The van der Waals surface area contributed by atoms with Gasteiger partial charge < -0.3 is 57.7 Å². The van der Waals surface area contributed by atoms with Crippen molar-refractivity contribution in [1.29, 1.82) is 0 Å². The number of benzene rings is 1. The van der Waals surface area contributed by atoms with Crippen molar-refractivity contribution in [2.45, 2.75) is 218 Å². The van der Waals surface area contributed by atoms with E-state index in [0.29, 0.717) is 51.0 Å². The van der Waals surface area contributed by atoms with Crippen LogP contribution in [0.15, 0.2) is 24.3 Å². The first-order valence-electron chi connectivity index (χ1n) is 28.9. The molecular formula is C58H94FN11O10. The van der Waals surface area contributed by atoms with Crippen LogP contribution in [0.4, 0.5) is 4.39 Å². The third-order valence-corrected chi connectivity index (χ3v) is 15.3. The molecule has 4 atom stereocenters. The van der Waals surface area contributed by atoms with Crippen molar-refractivity contribution < 1.29 is 52.3 Å². The Morgan fingerprint density at radius 1 is 0.688 bits per heavy atom. The summed E-state index contributed by atoms with van der Waals surface area (Å²) in [5.74, 6) is -5.45. The summed E-state index contributed by atoms with van der Waals surface area (Å²) in [4.78, 5) is 139. The zero-order valence-corrected chi connectivity index (χ0v) is 49.5. The lowest BCUT2D eigenvalue weighted by atomic mass is 9.76. The third kappa shape index (κ3) is 20.7. The summed E-state index contributed by atoms with van der Waals surface area (Å²) in [6.45, 7) is 15.0. The maximum atomic E-state index is 14.3. The molecule has 1 aliphatic heterocycles. The van der Waals surface area contributed by atoms with Crippen LogP contribution in [0.1, 0.15) is 182 Å². The van der Waals surface area contributed by atoms with E-state index in [-0.39, 0.29) is 48.7 Å². The van der Waals surface area contributed by atoms with Gasteiger partial charge in [-0.1, -0.05) is 59.3 Å². The first kappa shape index (κ1) is 66.3. The second-order valence-corrected chi connectivity index (χ2v) is 24.7. The zero-order valence-electron chi connectivity index (χ0n) is 49.5. The summed E-state index contributed by atoms with van der Waals surface area (Å²) in [5.41, 5.74) is -4.53. The first-order chi connectivity index (χ1) is 37.5. The molecule has 1 aromatic rings. The number of nitrogens with one attached hydrogen (secondary N) is 9. The lowest BCUT2D eigenvalue weighted by Crippen LogP contribution is -2.63. The Balaban J connectivity index is 1.30. The molecule has 2 saturated carbocycles.